The summed E-state index contributed by atoms with van der Waals surface area (Å²) in [5.41, 5.74) is 3.00. The number of carbonyl (C=O) groups excluding carboxylic acids is 1. The Hall–Kier alpha value is -2.33. The molecular formula is C19H23NO3. The molecule has 2 aromatic carbocycles. The third kappa shape index (κ3) is 4.33. The number of ether oxygens (including phenoxy) is 2. The van der Waals surface area contributed by atoms with E-state index in [1.807, 2.05) is 42.5 Å². The van der Waals surface area contributed by atoms with E-state index in [0.29, 0.717) is 6.61 Å². The van der Waals surface area contributed by atoms with Crippen molar-refractivity contribution in [3.8, 4) is 5.75 Å². The lowest BCUT2D eigenvalue weighted by Crippen LogP contribution is -2.27. The summed E-state index contributed by atoms with van der Waals surface area (Å²) < 4.78 is 11.2. The van der Waals surface area contributed by atoms with E-state index < -0.39 is 6.10 Å². The van der Waals surface area contributed by atoms with Crippen molar-refractivity contribution in [3.63, 3.8) is 0 Å². The van der Waals surface area contributed by atoms with E-state index in [1.54, 1.807) is 7.05 Å². The predicted octanol–water partition coefficient (Wildman–Crippen LogP) is 3.26. The molecule has 2 aromatic rings. The van der Waals surface area contributed by atoms with Crippen LogP contribution in [0.25, 0.3) is 0 Å². The van der Waals surface area contributed by atoms with Crippen molar-refractivity contribution in [1.29, 1.82) is 0 Å². The highest BCUT2D eigenvalue weighted by atomic mass is 16.5. The number of likely N-dealkylation sites (N-methyl/N-ethyl adjacent to an activating group) is 1. The molecule has 1 atom stereocenters. The van der Waals surface area contributed by atoms with E-state index in [1.165, 1.54) is 12.7 Å². The zero-order valence-corrected chi connectivity index (χ0v) is 13.8. The fraction of sp³-hybridized carbons (Fsp3) is 0.316. The number of para-hydroxylation sites is 1. The number of nitrogens with one attached hydrogen (secondary N) is 1. The van der Waals surface area contributed by atoms with Crippen LogP contribution in [0.4, 0.5) is 0 Å². The first-order chi connectivity index (χ1) is 11.2. The maximum Gasteiger partial charge on any atom is 0.253 e. The standard InChI is InChI=1S/C19H23NO3/c1-4-15-9-5-6-11-17(15)23-13-14-8-7-10-16(12-14)18(22-3)19(21)20-2/h5-12,18H,4,13H2,1-3H3,(H,20,21). The fourth-order valence-electron chi connectivity index (χ4n) is 2.47. The van der Waals surface area contributed by atoms with Crippen LogP contribution in [0.5, 0.6) is 5.75 Å². The first-order valence-electron chi connectivity index (χ1n) is 7.73. The van der Waals surface area contributed by atoms with Gasteiger partial charge < -0.3 is 14.8 Å². The molecule has 1 unspecified atom stereocenters. The molecule has 0 spiro atoms. The minimum absolute atomic E-state index is 0.165. The zero-order valence-electron chi connectivity index (χ0n) is 13.8. The number of rotatable bonds is 7. The average Bonchev–Trinajstić information content (AvgIpc) is 2.61. The molecule has 0 aromatic heterocycles. The summed E-state index contributed by atoms with van der Waals surface area (Å²) in [5, 5.41) is 2.61. The minimum atomic E-state index is -0.608. The van der Waals surface area contributed by atoms with Gasteiger partial charge in [0, 0.05) is 14.2 Å². The first kappa shape index (κ1) is 17.0. The molecule has 1 N–H and O–H groups in total. The van der Waals surface area contributed by atoms with Gasteiger partial charge in [-0.2, -0.15) is 0 Å². The SMILES string of the molecule is CCc1ccccc1OCc1cccc(C(OC)C(=O)NC)c1. The molecule has 0 heterocycles. The molecule has 0 saturated heterocycles. The van der Waals surface area contributed by atoms with Crippen LogP contribution in [0.3, 0.4) is 0 Å². The average molecular weight is 313 g/mol. The van der Waals surface area contributed by atoms with E-state index in [-0.39, 0.29) is 5.91 Å². The third-order valence-electron chi connectivity index (χ3n) is 3.72. The Balaban J connectivity index is 2.12. The van der Waals surface area contributed by atoms with E-state index in [0.717, 1.165) is 23.3 Å². The summed E-state index contributed by atoms with van der Waals surface area (Å²) >= 11 is 0. The van der Waals surface area contributed by atoms with Gasteiger partial charge in [-0.3, -0.25) is 4.79 Å². The molecule has 0 aliphatic rings. The van der Waals surface area contributed by atoms with Crippen LogP contribution >= 0.6 is 0 Å². The minimum Gasteiger partial charge on any atom is -0.489 e. The lowest BCUT2D eigenvalue weighted by molar-refractivity contribution is -0.130. The number of carbonyl (C=O) groups is 1. The van der Waals surface area contributed by atoms with Crippen LogP contribution in [0.15, 0.2) is 48.5 Å². The highest BCUT2D eigenvalue weighted by Gasteiger charge is 2.18. The van der Waals surface area contributed by atoms with Crippen molar-refractivity contribution in [2.75, 3.05) is 14.2 Å². The topological polar surface area (TPSA) is 47.6 Å². The molecule has 2 rings (SSSR count). The summed E-state index contributed by atoms with van der Waals surface area (Å²) in [6.45, 7) is 2.56. The van der Waals surface area contributed by atoms with Gasteiger partial charge in [-0.1, -0.05) is 43.3 Å². The summed E-state index contributed by atoms with van der Waals surface area (Å²) in [6, 6.07) is 15.7. The number of aryl methyl sites for hydroxylation is 1. The van der Waals surface area contributed by atoms with E-state index in [4.69, 9.17) is 9.47 Å². The second-order valence-corrected chi connectivity index (χ2v) is 5.22. The third-order valence-corrected chi connectivity index (χ3v) is 3.72. The molecule has 0 radical (unpaired) electrons. The molecule has 4 nitrogen and oxygen atoms in total. The van der Waals surface area contributed by atoms with Crippen LogP contribution in [-0.2, 0) is 22.6 Å². The van der Waals surface area contributed by atoms with Crippen molar-refractivity contribution in [2.24, 2.45) is 0 Å². The predicted molar refractivity (Wildman–Crippen MR) is 90.4 cm³/mol. The molecule has 0 bridgehead atoms. The van der Waals surface area contributed by atoms with E-state index in [2.05, 4.69) is 18.3 Å². The van der Waals surface area contributed by atoms with Crippen molar-refractivity contribution in [1.82, 2.24) is 5.32 Å². The molecule has 0 saturated carbocycles. The molecule has 23 heavy (non-hydrogen) atoms. The normalized spacial score (nSPS) is 11.8. The Morgan fingerprint density at radius 3 is 2.65 bits per heavy atom. The van der Waals surface area contributed by atoms with Crippen LogP contribution in [0.1, 0.15) is 29.7 Å². The number of benzene rings is 2. The summed E-state index contributed by atoms with van der Waals surface area (Å²) in [7, 11) is 3.13. The van der Waals surface area contributed by atoms with Crippen LogP contribution in [0, 0.1) is 0 Å². The fourth-order valence-corrected chi connectivity index (χ4v) is 2.47. The lowest BCUT2D eigenvalue weighted by Gasteiger charge is -2.15. The van der Waals surface area contributed by atoms with E-state index in [9.17, 15) is 4.79 Å². The first-order valence-corrected chi connectivity index (χ1v) is 7.73. The molecular weight excluding hydrogens is 290 g/mol. The Kier molecular flexibility index (Phi) is 6.18. The summed E-state index contributed by atoms with van der Waals surface area (Å²) in [5.74, 6) is 0.733. The van der Waals surface area contributed by atoms with Crippen molar-refractivity contribution in [3.05, 3.63) is 65.2 Å². The van der Waals surface area contributed by atoms with Crippen molar-refractivity contribution in [2.45, 2.75) is 26.1 Å². The maximum absolute atomic E-state index is 11.9. The number of hydrogen-bond acceptors (Lipinski definition) is 3. The van der Waals surface area contributed by atoms with Gasteiger partial charge >= 0.3 is 0 Å². The van der Waals surface area contributed by atoms with Crippen LogP contribution < -0.4 is 10.1 Å². The number of methoxy groups -OCH3 is 1. The lowest BCUT2D eigenvalue weighted by atomic mass is 10.1. The molecule has 0 fully saturated rings. The van der Waals surface area contributed by atoms with Gasteiger partial charge in [0.1, 0.15) is 12.4 Å². The van der Waals surface area contributed by atoms with Crippen molar-refractivity contribution >= 4 is 5.91 Å². The molecule has 122 valence electrons. The van der Waals surface area contributed by atoms with Gasteiger partial charge in [0.25, 0.3) is 5.91 Å². The van der Waals surface area contributed by atoms with Gasteiger partial charge in [-0.05, 0) is 35.2 Å². The van der Waals surface area contributed by atoms with E-state index >= 15 is 0 Å². The van der Waals surface area contributed by atoms with Gasteiger partial charge in [0.15, 0.2) is 6.10 Å². The van der Waals surface area contributed by atoms with Crippen molar-refractivity contribution < 1.29 is 14.3 Å². The highest BCUT2D eigenvalue weighted by molar-refractivity contribution is 5.81. The summed E-state index contributed by atoms with van der Waals surface area (Å²) in [4.78, 5) is 11.9. The van der Waals surface area contributed by atoms with Gasteiger partial charge in [-0.25, -0.2) is 0 Å². The van der Waals surface area contributed by atoms with Crippen LogP contribution in [0.2, 0.25) is 0 Å². The van der Waals surface area contributed by atoms with Crippen LogP contribution in [-0.4, -0.2) is 20.1 Å². The van der Waals surface area contributed by atoms with Gasteiger partial charge in [0.2, 0.25) is 0 Å². The largest absolute Gasteiger partial charge is 0.489 e. The number of hydrogen-bond donors (Lipinski definition) is 1. The second kappa shape index (κ2) is 8.34. The monoisotopic (exact) mass is 313 g/mol. The Morgan fingerprint density at radius 2 is 1.96 bits per heavy atom. The maximum atomic E-state index is 11.9. The Bertz CT molecular complexity index is 655. The van der Waals surface area contributed by atoms with Gasteiger partial charge in [-0.15, -0.1) is 0 Å². The highest BCUT2D eigenvalue weighted by Crippen LogP contribution is 2.22. The molecule has 1 amide bonds. The molecule has 0 aliphatic heterocycles. The van der Waals surface area contributed by atoms with Gasteiger partial charge in [0.05, 0.1) is 0 Å². The quantitative estimate of drug-likeness (QED) is 0.853. The summed E-state index contributed by atoms with van der Waals surface area (Å²) in [6.07, 6.45) is 0.321. The molecule has 4 heteroatoms. The smallest absolute Gasteiger partial charge is 0.253 e. The number of amides is 1. The second-order valence-electron chi connectivity index (χ2n) is 5.22. The Morgan fingerprint density at radius 1 is 1.17 bits per heavy atom. The zero-order chi connectivity index (χ0) is 16.7. The molecule has 0 aliphatic carbocycles. The Labute approximate surface area is 137 Å².